The molecule has 1 N–H and O–H groups in total. The maximum absolute atomic E-state index is 12.9. The van der Waals surface area contributed by atoms with Gasteiger partial charge in [-0.3, -0.25) is 14.4 Å². The van der Waals surface area contributed by atoms with Crippen LogP contribution < -0.4 is 5.32 Å². The van der Waals surface area contributed by atoms with Gasteiger partial charge in [0, 0.05) is 68.5 Å². The predicted octanol–water partition coefficient (Wildman–Crippen LogP) is 2.35. The quantitative estimate of drug-likeness (QED) is 0.464. The number of nitrogens with zero attached hydrogens (tertiary/aromatic N) is 2. The van der Waals surface area contributed by atoms with Crippen LogP contribution in [0.4, 0.5) is 0 Å². The third kappa shape index (κ3) is 3.50. The summed E-state index contributed by atoms with van der Waals surface area (Å²) in [5, 5.41) is 2.89. The highest BCUT2D eigenvalue weighted by Gasteiger charge is 2.39. The summed E-state index contributed by atoms with van der Waals surface area (Å²) in [4.78, 5) is 40.8. The number of ketones is 1. The molecule has 2 heterocycles. The van der Waals surface area contributed by atoms with E-state index in [-0.39, 0.29) is 17.6 Å². The van der Waals surface area contributed by atoms with Crippen LogP contribution in [0, 0.1) is 0 Å². The molecule has 6 heteroatoms. The molecular formula is C22H25N3O3. The molecule has 2 amide bonds. The molecule has 2 saturated heterocycles. The fourth-order valence-electron chi connectivity index (χ4n) is 3.77. The minimum atomic E-state index is -0.142. The molecule has 0 radical (unpaired) electrons. The average Bonchev–Trinajstić information content (AvgIpc) is 3.24. The lowest BCUT2D eigenvalue weighted by molar-refractivity contribution is -0.123. The maximum atomic E-state index is 12.9. The summed E-state index contributed by atoms with van der Waals surface area (Å²) in [6.07, 6.45) is 10.7. The lowest BCUT2D eigenvalue weighted by Gasteiger charge is -2.13. The molecule has 28 heavy (non-hydrogen) atoms. The molecule has 3 aliphatic rings. The van der Waals surface area contributed by atoms with Gasteiger partial charge in [-0.2, -0.15) is 0 Å². The van der Waals surface area contributed by atoms with Crippen LogP contribution in [0.25, 0.3) is 0 Å². The Labute approximate surface area is 165 Å². The third-order valence-electron chi connectivity index (χ3n) is 5.31. The van der Waals surface area contributed by atoms with Crippen molar-refractivity contribution < 1.29 is 14.4 Å². The van der Waals surface area contributed by atoms with Gasteiger partial charge in [-0.1, -0.05) is 30.4 Å². The standard InChI is InChI=1S/C22H25N3O3/c1-14-10-16(20(26)11-14)19-13-17(22(28)25(19)4)18-12-15(21(27)24(18)3)8-6-5-7-9-23-2/h5-9,23H,1,10-13H2,2-4H3/b6-5?,9-7?,15-8?,18-17+,19-16+. The van der Waals surface area contributed by atoms with Gasteiger partial charge in [0.2, 0.25) is 0 Å². The molecule has 6 nitrogen and oxygen atoms in total. The zero-order chi connectivity index (χ0) is 20.4. The number of carbonyl (C=O) groups is 3. The van der Waals surface area contributed by atoms with Crippen LogP contribution in [-0.2, 0) is 14.4 Å². The van der Waals surface area contributed by atoms with E-state index in [1.807, 2.05) is 19.2 Å². The van der Waals surface area contributed by atoms with E-state index in [9.17, 15) is 14.4 Å². The molecule has 0 unspecified atom stereocenters. The maximum Gasteiger partial charge on any atom is 0.255 e. The zero-order valence-corrected chi connectivity index (χ0v) is 16.5. The number of allylic oxidation sites excluding steroid dienone is 8. The highest BCUT2D eigenvalue weighted by atomic mass is 16.2. The minimum absolute atomic E-state index is 0.0436. The number of amides is 2. The molecule has 3 rings (SSSR count). The van der Waals surface area contributed by atoms with E-state index in [1.54, 1.807) is 42.2 Å². The molecule has 3 fully saturated rings. The summed E-state index contributed by atoms with van der Waals surface area (Å²) in [6.45, 7) is 3.90. The smallest absolute Gasteiger partial charge is 0.255 e. The molecule has 0 aromatic rings. The fraction of sp³-hybridized carbons (Fsp3) is 0.318. The van der Waals surface area contributed by atoms with Crippen molar-refractivity contribution >= 4 is 17.6 Å². The minimum Gasteiger partial charge on any atom is -0.394 e. The van der Waals surface area contributed by atoms with Crippen molar-refractivity contribution in [3.8, 4) is 0 Å². The first-order valence-electron chi connectivity index (χ1n) is 9.24. The number of hydrogen-bond acceptors (Lipinski definition) is 4. The van der Waals surface area contributed by atoms with Crippen molar-refractivity contribution in [3.05, 3.63) is 70.8 Å². The second kappa shape index (κ2) is 7.84. The lowest BCUT2D eigenvalue weighted by atomic mass is 10.0. The summed E-state index contributed by atoms with van der Waals surface area (Å²) in [5.74, 6) is -0.204. The van der Waals surface area contributed by atoms with Crippen LogP contribution >= 0.6 is 0 Å². The largest absolute Gasteiger partial charge is 0.394 e. The molecule has 146 valence electrons. The van der Waals surface area contributed by atoms with Crippen LogP contribution in [0.1, 0.15) is 25.7 Å². The van der Waals surface area contributed by atoms with Crippen molar-refractivity contribution in [1.29, 1.82) is 0 Å². The molecule has 0 aromatic carbocycles. The number of likely N-dealkylation sites (N-methyl/N-ethyl adjacent to an activating group) is 2. The van der Waals surface area contributed by atoms with E-state index in [2.05, 4.69) is 11.9 Å². The van der Waals surface area contributed by atoms with E-state index in [0.717, 1.165) is 11.3 Å². The monoisotopic (exact) mass is 379 g/mol. The fourth-order valence-corrected chi connectivity index (χ4v) is 3.77. The summed E-state index contributed by atoms with van der Waals surface area (Å²) < 4.78 is 0. The van der Waals surface area contributed by atoms with Gasteiger partial charge in [0.25, 0.3) is 11.8 Å². The SMILES string of the molecule is C=C1CC(=O)/C(=C2\C/C(=C3/CC(=CC=CC=CNC)C(=O)N3C)C(=O)N2C)C1. The Hall–Kier alpha value is -3.15. The van der Waals surface area contributed by atoms with Gasteiger partial charge in [0.1, 0.15) is 0 Å². The molecule has 2 aliphatic heterocycles. The van der Waals surface area contributed by atoms with Crippen molar-refractivity contribution in [1.82, 2.24) is 15.1 Å². The number of hydrogen-bond donors (Lipinski definition) is 1. The second-order valence-corrected chi connectivity index (χ2v) is 7.18. The Morgan fingerprint density at radius 3 is 2.18 bits per heavy atom. The number of likely N-dealkylation sites (tertiary alicyclic amines) is 2. The zero-order valence-electron chi connectivity index (χ0n) is 16.5. The summed E-state index contributed by atoms with van der Waals surface area (Å²) in [7, 11) is 5.19. The first kappa shape index (κ1) is 19.6. The van der Waals surface area contributed by atoms with Gasteiger partial charge in [-0.05, 0) is 18.7 Å². The number of Topliss-reactive ketones (excluding diaryl/α,β-unsaturated/α-hetero) is 1. The van der Waals surface area contributed by atoms with Gasteiger partial charge in [-0.15, -0.1) is 0 Å². The predicted molar refractivity (Wildman–Crippen MR) is 108 cm³/mol. The Kier molecular flexibility index (Phi) is 5.49. The molecule has 1 aliphatic carbocycles. The Morgan fingerprint density at radius 1 is 0.857 bits per heavy atom. The third-order valence-corrected chi connectivity index (χ3v) is 5.31. The van der Waals surface area contributed by atoms with Gasteiger partial charge in [0.05, 0.1) is 0 Å². The van der Waals surface area contributed by atoms with Gasteiger partial charge in [-0.25, -0.2) is 0 Å². The van der Waals surface area contributed by atoms with Crippen LogP contribution in [0.15, 0.2) is 70.8 Å². The molecule has 0 aromatic heterocycles. The van der Waals surface area contributed by atoms with E-state index >= 15 is 0 Å². The van der Waals surface area contributed by atoms with Crippen LogP contribution in [0.5, 0.6) is 0 Å². The first-order valence-corrected chi connectivity index (χ1v) is 9.24. The van der Waals surface area contributed by atoms with E-state index in [4.69, 9.17) is 0 Å². The van der Waals surface area contributed by atoms with E-state index in [1.165, 1.54) is 0 Å². The Morgan fingerprint density at radius 2 is 1.54 bits per heavy atom. The number of rotatable bonds is 3. The molecule has 0 atom stereocenters. The van der Waals surface area contributed by atoms with Crippen molar-refractivity contribution in [2.24, 2.45) is 0 Å². The van der Waals surface area contributed by atoms with Gasteiger partial charge < -0.3 is 15.1 Å². The normalized spacial score (nSPS) is 27.8. The molecular weight excluding hydrogens is 354 g/mol. The summed E-state index contributed by atoms with van der Waals surface area (Å²) in [5.41, 5.74) is 4.25. The van der Waals surface area contributed by atoms with Gasteiger partial charge in [0.15, 0.2) is 5.78 Å². The van der Waals surface area contributed by atoms with Crippen LogP contribution in [0.2, 0.25) is 0 Å². The van der Waals surface area contributed by atoms with Crippen molar-refractivity contribution in [2.75, 3.05) is 21.1 Å². The molecule has 1 saturated carbocycles. The average molecular weight is 379 g/mol. The highest BCUT2D eigenvalue weighted by molar-refractivity contribution is 6.07. The van der Waals surface area contributed by atoms with Gasteiger partial charge >= 0.3 is 0 Å². The highest BCUT2D eigenvalue weighted by Crippen LogP contribution is 2.39. The molecule has 0 spiro atoms. The van der Waals surface area contributed by atoms with Crippen LogP contribution in [-0.4, -0.2) is 48.5 Å². The second-order valence-electron chi connectivity index (χ2n) is 7.18. The Balaban J connectivity index is 1.91. The van der Waals surface area contributed by atoms with Crippen LogP contribution in [0.3, 0.4) is 0 Å². The Bertz CT molecular complexity index is 915. The van der Waals surface area contributed by atoms with Crippen molar-refractivity contribution in [2.45, 2.75) is 25.7 Å². The lowest BCUT2D eigenvalue weighted by Crippen LogP contribution is -2.23. The van der Waals surface area contributed by atoms with E-state index < -0.39 is 0 Å². The summed E-state index contributed by atoms with van der Waals surface area (Å²) >= 11 is 0. The first-order chi connectivity index (χ1) is 13.3. The summed E-state index contributed by atoms with van der Waals surface area (Å²) in [6, 6.07) is 0. The molecule has 0 bridgehead atoms. The number of nitrogens with one attached hydrogen (secondary N) is 1. The topological polar surface area (TPSA) is 69.7 Å². The van der Waals surface area contributed by atoms with Crippen molar-refractivity contribution in [3.63, 3.8) is 0 Å². The number of carbonyl (C=O) groups excluding carboxylic acids is 3. The van der Waals surface area contributed by atoms with E-state index in [0.29, 0.717) is 48.1 Å².